The van der Waals surface area contributed by atoms with Crippen molar-refractivity contribution in [2.75, 3.05) is 32.7 Å². The van der Waals surface area contributed by atoms with Crippen LogP contribution in [-0.4, -0.2) is 55.8 Å². The smallest absolute Gasteiger partial charge is 0.282 e. The molecule has 1 heterocycles. The first kappa shape index (κ1) is 17.2. The summed E-state index contributed by atoms with van der Waals surface area (Å²) >= 11 is 0. The molecule has 1 atom stereocenters. The molecule has 0 aromatic heterocycles. The predicted octanol–water partition coefficient (Wildman–Crippen LogP) is 1.82. The maximum Gasteiger partial charge on any atom is 0.282 e. The van der Waals surface area contributed by atoms with Crippen molar-refractivity contribution in [2.45, 2.75) is 58.4 Å². The number of piperidine rings is 1. The first-order valence-corrected chi connectivity index (χ1v) is 9.96. The molecule has 1 aliphatic carbocycles. The van der Waals surface area contributed by atoms with Gasteiger partial charge in [-0.1, -0.05) is 20.3 Å². The van der Waals surface area contributed by atoms with Gasteiger partial charge in [0.2, 0.25) is 0 Å². The van der Waals surface area contributed by atoms with Crippen molar-refractivity contribution >= 4 is 10.2 Å². The summed E-state index contributed by atoms with van der Waals surface area (Å²) in [5.41, 5.74) is 0. The van der Waals surface area contributed by atoms with Crippen molar-refractivity contribution in [3.8, 4) is 0 Å². The summed E-state index contributed by atoms with van der Waals surface area (Å²) in [6.45, 7) is 7.82. The van der Waals surface area contributed by atoms with E-state index in [9.17, 15) is 8.42 Å². The summed E-state index contributed by atoms with van der Waals surface area (Å²) in [5.74, 6) is 0.598. The van der Waals surface area contributed by atoms with Crippen molar-refractivity contribution < 1.29 is 8.42 Å². The van der Waals surface area contributed by atoms with Gasteiger partial charge in [-0.05, 0) is 44.6 Å². The van der Waals surface area contributed by atoms with Crippen molar-refractivity contribution in [1.82, 2.24) is 13.9 Å². The molecule has 1 N–H and O–H groups in total. The molecule has 0 aromatic carbocycles. The maximum absolute atomic E-state index is 12.9. The van der Waals surface area contributed by atoms with Gasteiger partial charge in [-0.25, -0.2) is 0 Å². The van der Waals surface area contributed by atoms with Gasteiger partial charge in [0.15, 0.2) is 0 Å². The molecule has 5 nitrogen and oxygen atoms in total. The third kappa shape index (κ3) is 4.65. The summed E-state index contributed by atoms with van der Waals surface area (Å²) in [6, 6.07) is 0.128. The van der Waals surface area contributed by atoms with Crippen LogP contribution in [0.4, 0.5) is 0 Å². The minimum atomic E-state index is -3.29. The third-order valence-electron chi connectivity index (χ3n) is 4.51. The van der Waals surface area contributed by atoms with Crippen molar-refractivity contribution in [3.63, 3.8) is 0 Å². The lowest BCUT2D eigenvalue weighted by molar-refractivity contribution is 0.226. The Morgan fingerprint density at radius 1 is 1.19 bits per heavy atom. The van der Waals surface area contributed by atoms with E-state index in [-0.39, 0.29) is 6.04 Å². The second kappa shape index (κ2) is 7.90. The van der Waals surface area contributed by atoms with Gasteiger partial charge >= 0.3 is 0 Å². The zero-order valence-corrected chi connectivity index (χ0v) is 14.4. The summed E-state index contributed by atoms with van der Waals surface area (Å²) < 4.78 is 29.4. The lowest BCUT2D eigenvalue weighted by atomic mass is 10.1. The zero-order chi connectivity index (χ0) is 15.3. The van der Waals surface area contributed by atoms with E-state index in [0.717, 1.165) is 38.8 Å². The molecule has 0 aromatic rings. The van der Waals surface area contributed by atoms with Crippen molar-refractivity contribution in [2.24, 2.45) is 5.92 Å². The first-order chi connectivity index (χ1) is 10.1. The van der Waals surface area contributed by atoms with Gasteiger partial charge in [0.05, 0.1) is 0 Å². The lowest BCUT2D eigenvalue weighted by Crippen LogP contribution is -2.53. The van der Waals surface area contributed by atoms with Crippen LogP contribution in [0.2, 0.25) is 0 Å². The molecule has 1 saturated heterocycles. The first-order valence-electron chi connectivity index (χ1n) is 8.57. The molecule has 0 bridgehead atoms. The Hall–Kier alpha value is -0.170. The largest absolute Gasteiger partial charge is 0.315 e. The fraction of sp³-hybridized carbons (Fsp3) is 1.00. The maximum atomic E-state index is 12.9. The van der Waals surface area contributed by atoms with Crippen LogP contribution in [0.1, 0.15) is 52.4 Å². The Morgan fingerprint density at radius 3 is 2.57 bits per heavy atom. The van der Waals surface area contributed by atoms with E-state index in [0.29, 0.717) is 25.6 Å². The topological polar surface area (TPSA) is 52.7 Å². The third-order valence-corrected chi connectivity index (χ3v) is 6.65. The normalized spacial score (nSPS) is 24.6. The molecule has 21 heavy (non-hydrogen) atoms. The van der Waals surface area contributed by atoms with Gasteiger partial charge in [-0.3, -0.25) is 0 Å². The highest BCUT2D eigenvalue weighted by Crippen LogP contribution is 2.31. The van der Waals surface area contributed by atoms with E-state index >= 15 is 0 Å². The second-order valence-corrected chi connectivity index (χ2v) is 8.25. The fourth-order valence-electron chi connectivity index (χ4n) is 3.05. The van der Waals surface area contributed by atoms with Crippen LogP contribution < -0.4 is 5.32 Å². The molecule has 1 aliphatic heterocycles. The molecule has 0 radical (unpaired) electrons. The number of hydrogen-bond donors (Lipinski definition) is 1. The molecule has 2 rings (SSSR count). The summed E-state index contributed by atoms with van der Waals surface area (Å²) in [4.78, 5) is 0. The van der Waals surface area contributed by atoms with Crippen LogP contribution in [0.25, 0.3) is 0 Å². The van der Waals surface area contributed by atoms with Gasteiger partial charge in [0.25, 0.3) is 10.2 Å². The lowest BCUT2D eigenvalue weighted by Gasteiger charge is -2.38. The van der Waals surface area contributed by atoms with Crippen molar-refractivity contribution in [1.29, 1.82) is 0 Å². The van der Waals surface area contributed by atoms with E-state index in [2.05, 4.69) is 12.2 Å². The molecular weight excluding hydrogens is 286 g/mol. The molecule has 124 valence electrons. The number of hydrogen-bond acceptors (Lipinski definition) is 3. The van der Waals surface area contributed by atoms with E-state index in [1.165, 1.54) is 12.8 Å². The minimum Gasteiger partial charge on any atom is -0.315 e. The predicted molar refractivity (Wildman–Crippen MR) is 86.4 cm³/mol. The molecule has 2 aliphatic rings. The molecular formula is C15H31N3O2S. The average Bonchev–Trinajstić information content (AvgIpc) is 3.29. The van der Waals surface area contributed by atoms with Gasteiger partial charge in [-0.15, -0.1) is 0 Å². The van der Waals surface area contributed by atoms with E-state index < -0.39 is 10.2 Å². The van der Waals surface area contributed by atoms with Crippen LogP contribution in [-0.2, 0) is 10.2 Å². The quantitative estimate of drug-likeness (QED) is 0.660. The number of nitrogens with zero attached hydrogens (tertiary/aromatic N) is 2. The van der Waals surface area contributed by atoms with Crippen LogP contribution in [0.3, 0.4) is 0 Å². The Kier molecular flexibility index (Phi) is 6.47. The van der Waals surface area contributed by atoms with E-state index in [1.54, 1.807) is 8.61 Å². The molecule has 0 spiro atoms. The van der Waals surface area contributed by atoms with Crippen LogP contribution in [0, 0.1) is 5.92 Å². The van der Waals surface area contributed by atoms with Gasteiger partial charge < -0.3 is 5.32 Å². The van der Waals surface area contributed by atoms with Crippen molar-refractivity contribution in [3.05, 3.63) is 0 Å². The Balaban J connectivity index is 2.02. The molecule has 2 fully saturated rings. The summed E-state index contributed by atoms with van der Waals surface area (Å²) in [6.07, 6.45) is 6.57. The average molecular weight is 317 g/mol. The van der Waals surface area contributed by atoms with Gasteiger partial charge in [0, 0.05) is 32.2 Å². The highest BCUT2D eigenvalue weighted by Gasteiger charge is 2.37. The van der Waals surface area contributed by atoms with Gasteiger partial charge in [-0.2, -0.15) is 17.0 Å². The molecule has 1 unspecified atom stereocenters. The highest BCUT2D eigenvalue weighted by molar-refractivity contribution is 7.86. The fourth-order valence-corrected chi connectivity index (χ4v) is 4.99. The van der Waals surface area contributed by atoms with Crippen LogP contribution in [0.5, 0.6) is 0 Å². The van der Waals surface area contributed by atoms with Crippen LogP contribution in [0.15, 0.2) is 0 Å². The molecule has 6 heteroatoms. The summed E-state index contributed by atoms with van der Waals surface area (Å²) in [7, 11) is -3.29. The van der Waals surface area contributed by atoms with Crippen LogP contribution >= 0.6 is 0 Å². The van der Waals surface area contributed by atoms with E-state index in [1.807, 2.05) is 6.92 Å². The summed E-state index contributed by atoms with van der Waals surface area (Å²) in [5, 5.41) is 3.39. The standard InChI is InChI=1S/C15H31N3O2S/c1-3-10-16-12-15-7-5-6-11-18(15)21(19,20)17(4-2)13-14-8-9-14/h14-16H,3-13H2,1-2H3. The van der Waals surface area contributed by atoms with Gasteiger partial charge in [0.1, 0.15) is 0 Å². The SMILES string of the molecule is CCCNCC1CCCCN1S(=O)(=O)N(CC)CC1CC1. The molecule has 0 amide bonds. The highest BCUT2D eigenvalue weighted by atomic mass is 32.2. The Bertz CT molecular complexity index is 409. The molecule has 1 saturated carbocycles. The second-order valence-electron chi connectivity index (χ2n) is 6.37. The number of nitrogens with one attached hydrogen (secondary N) is 1. The van der Waals surface area contributed by atoms with E-state index in [4.69, 9.17) is 0 Å². The zero-order valence-electron chi connectivity index (χ0n) is 13.6. The minimum absolute atomic E-state index is 0.128. The Labute approximate surface area is 130 Å². The monoisotopic (exact) mass is 317 g/mol. The Morgan fingerprint density at radius 2 is 1.95 bits per heavy atom. The number of rotatable bonds is 9.